The first-order chi connectivity index (χ1) is 7.52. The highest BCUT2D eigenvalue weighted by Gasteiger charge is 2.22. The molecule has 0 aromatic heterocycles. The van der Waals surface area contributed by atoms with Gasteiger partial charge >= 0.3 is 0 Å². The van der Waals surface area contributed by atoms with Crippen LogP contribution in [0.5, 0.6) is 0 Å². The van der Waals surface area contributed by atoms with Crippen molar-refractivity contribution in [3.63, 3.8) is 0 Å². The second-order valence-electron chi connectivity index (χ2n) is 4.09. The van der Waals surface area contributed by atoms with Crippen molar-refractivity contribution in [1.82, 2.24) is 15.1 Å². The number of nitrogens with one attached hydrogen (secondary N) is 2. The van der Waals surface area contributed by atoms with Crippen LogP contribution in [0.25, 0.3) is 0 Å². The quantitative estimate of drug-likeness (QED) is 0.377. The Morgan fingerprint density at radius 3 is 2.88 bits per heavy atom. The first kappa shape index (κ1) is 12.5. The van der Waals surface area contributed by atoms with Gasteiger partial charge in [-0.2, -0.15) is 0 Å². The second-order valence-corrected chi connectivity index (χ2v) is 4.09. The van der Waals surface area contributed by atoms with Crippen molar-refractivity contribution >= 4 is 18.2 Å². The van der Waals surface area contributed by atoms with Crippen molar-refractivity contribution < 1.29 is 9.59 Å². The number of likely N-dealkylation sites (tertiary alicyclic amines) is 1. The molecular formula is C10H18N4O2. The van der Waals surface area contributed by atoms with Gasteiger partial charge in [0.2, 0.25) is 12.3 Å². The maximum absolute atomic E-state index is 11.6. The van der Waals surface area contributed by atoms with E-state index in [9.17, 15) is 9.59 Å². The van der Waals surface area contributed by atoms with E-state index in [0.29, 0.717) is 18.9 Å². The normalized spacial score (nSPS) is 19.4. The van der Waals surface area contributed by atoms with Gasteiger partial charge in [0, 0.05) is 26.2 Å². The van der Waals surface area contributed by atoms with Gasteiger partial charge in [0.15, 0.2) is 0 Å². The van der Waals surface area contributed by atoms with E-state index in [1.807, 2.05) is 0 Å². The molecule has 2 amide bonds. The van der Waals surface area contributed by atoms with Gasteiger partial charge in [-0.3, -0.25) is 15.0 Å². The average Bonchev–Trinajstić information content (AvgIpc) is 2.65. The van der Waals surface area contributed by atoms with Gasteiger partial charge < -0.3 is 15.1 Å². The Hall–Kier alpha value is -1.59. The lowest BCUT2D eigenvalue weighted by molar-refractivity contribution is -0.122. The molecule has 90 valence electrons. The summed E-state index contributed by atoms with van der Waals surface area (Å²) in [6.45, 7) is 3.11. The molecule has 1 fully saturated rings. The van der Waals surface area contributed by atoms with Crippen molar-refractivity contribution in [3.05, 3.63) is 0 Å². The Morgan fingerprint density at radius 1 is 1.69 bits per heavy atom. The van der Waals surface area contributed by atoms with E-state index in [-0.39, 0.29) is 18.5 Å². The standard InChI is InChI=1S/C10H18N4O2/c1-8(11)13(2)6-10(16)12-9-3-4-14(5-9)7-15/h7,9,11H,3-6H2,1-2H3,(H,12,16). The van der Waals surface area contributed by atoms with E-state index in [4.69, 9.17) is 5.41 Å². The van der Waals surface area contributed by atoms with E-state index in [1.165, 1.54) is 0 Å². The summed E-state index contributed by atoms with van der Waals surface area (Å²) in [4.78, 5) is 25.3. The van der Waals surface area contributed by atoms with Gasteiger partial charge in [-0.15, -0.1) is 0 Å². The minimum atomic E-state index is -0.105. The predicted octanol–water partition coefficient (Wildman–Crippen LogP) is -0.738. The van der Waals surface area contributed by atoms with Crippen molar-refractivity contribution in [2.24, 2.45) is 0 Å². The molecule has 0 saturated carbocycles. The summed E-state index contributed by atoms with van der Waals surface area (Å²) in [5.41, 5.74) is 0. The predicted molar refractivity (Wildman–Crippen MR) is 60.2 cm³/mol. The lowest BCUT2D eigenvalue weighted by Gasteiger charge is -2.18. The Morgan fingerprint density at radius 2 is 2.38 bits per heavy atom. The van der Waals surface area contributed by atoms with E-state index in [2.05, 4.69) is 5.32 Å². The molecule has 1 atom stereocenters. The summed E-state index contributed by atoms with van der Waals surface area (Å²) in [7, 11) is 1.70. The summed E-state index contributed by atoms with van der Waals surface area (Å²) in [6.07, 6.45) is 1.61. The maximum atomic E-state index is 11.6. The number of carbonyl (C=O) groups excluding carboxylic acids is 2. The van der Waals surface area contributed by atoms with Gasteiger partial charge in [0.05, 0.1) is 12.4 Å². The highest BCUT2D eigenvalue weighted by molar-refractivity contribution is 5.84. The summed E-state index contributed by atoms with van der Waals surface area (Å²) in [5.74, 6) is 0.253. The molecule has 1 aliphatic rings. The highest BCUT2D eigenvalue weighted by Crippen LogP contribution is 2.06. The third-order valence-corrected chi connectivity index (χ3v) is 2.69. The van der Waals surface area contributed by atoms with Gasteiger partial charge in [-0.1, -0.05) is 0 Å². The number of likely N-dealkylation sites (N-methyl/N-ethyl adjacent to an activating group) is 1. The van der Waals surface area contributed by atoms with Crippen LogP contribution in [0.3, 0.4) is 0 Å². The SMILES string of the molecule is CC(=N)N(C)CC(=O)NC1CCN(C=O)C1. The van der Waals surface area contributed by atoms with Gasteiger partial charge in [0.1, 0.15) is 0 Å². The lowest BCUT2D eigenvalue weighted by Crippen LogP contribution is -2.43. The van der Waals surface area contributed by atoms with Crippen LogP contribution in [0, 0.1) is 5.41 Å². The summed E-state index contributed by atoms with van der Waals surface area (Å²) in [6, 6.07) is 0.0529. The number of rotatable bonds is 4. The average molecular weight is 226 g/mol. The highest BCUT2D eigenvalue weighted by atomic mass is 16.2. The molecule has 1 unspecified atom stereocenters. The van der Waals surface area contributed by atoms with Crippen LogP contribution in [0.2, 0.25) is 0 Å². The number of hydrogen-bond acceptors (Lipinski definition) is 3. The van der Waals surface area contributed by atoms with Gasteiger partial charge in [-0.25, -0.2) is 0 Å². The third-order valence-electron chi connectivity index (χ3n) is 2.69. The maximum Gasteiger partial charge on any atom is 0.239 e. The fourth-order valence-electron chi connectivity index (χ4n) is 1.61. The number of amidine groups is 1. The molecule has 1 saturated heterocycles. The molecular weight excluding hydrogens is 208 g/mol. The molecule has 1 rings (SSSR count). The van der Waals surface area contributed by atoms with Crippen LogP contribution < -0.4 is 5.32 Å². The zero-order chi connectivity index (χ0) is 12.1. The topological polar surface area (TPSA) is 76.5 Å². The number of hydrogen-bond donors (Lipinski definition) is 2. The smallest absolute Gasteiger partial charge is 0.239 e. The molecule has 1 aliphatic heterocycles. The minimum absolute atomic E-state index is 0.0529. The molecule has 2 N–H and O–H groups in total. The van der Waals surface area contributed by atoms with Crippen LogP contribution in [-0.4, -0.2) is 60.7 Å². The first-order valence-corrected chi connectivity index (χ1v) is 5.28. The number of amides is 2. The molecule has 0 aromatic rings. The van der Waals surface area contributed by atoms with Crippen LogP contribution in [0.1, 0.15) is 13.3 Å². The molecule has 6 nitrogen and oxygen atoms in total. The zero-order valence-corrected chi connectivity index (χ0v) is 9.69. The molecule has 0 bridgehead atoms. The molecule has 0 spiro atoms. The Bertz CT molecular complexity index is 293. The minimum Gasteiger partial charge on any atom is -0.355 e. The van der Waals surface area contributed by atoms with Crippen LogP contribution in [0.4, 0.5) is 0 Å². The Labute approximate surface area is 95.1 Å². The van der Waals surface area contributed by atoms with E-state index in [1.54, 1.807) is 23.8 Å². The van der Waals surface area contributed by atoms with Crippen molar-refractivity contribution in [1.29, 1.82) is 5.41 Å². The number of nitrogens with zero attached hydrogens (tertiary/aromatic N) is 2. The van der Waals surface area contributed by atoms with Crippen LogP contribution in [0.15, 0.2) is 0 Å². The molecule has 0 radical (unpaired) electrons. The molecule has 16 heavy (non-hydrogen) atoms. The van der Waals surface area contributed by atoms with E-state index in [0.717, 1.165) is 12.8 Å². The summed E-state index contributed by atoms with van der Waals surface area (Å²) < 4.78 is 0. The van der Waals surface area contributed by atoms with Crippen LogP contribution in [-0.2, 0) is 9.59 Å². The zero-order valence-electron chi connectivity index (χ0n) is 9.69. The number of carbonyl (C=O) groups is 2. The van der Waals surface area contributed by atoms with Crippen molar-refractivity contribution in [2.75, 3.05) is 26.7 Å². The van der Waals surface area contributed by atoms with Gasteiger partial charge in [-0.05, 0) is 13.3 Å². The Balaban J connectivity index is 2.30. The second kappa shape index (κ2) is 5.48. The fourth-order valence-corrected chi connectivity index (χ4v) is 1.61. The van der Waals surface area contributed by atoms with Crippen molar-refractivity contribution in [2.45, 2.75) is 19.4 Å². The monoisotopic (exact) mass is 226 g/mol. The van der Waals surface area contributed by atoms with E-state index < -0.39 is 0 Å². The van der Waals surface area contributed by atoms with Crippen molar-refractivity contribution in [3.8, 4) is 0 Å². The third kappa shape index (κ3) is 3.52. The van der Waals surface area contributed by atoms with Gasteiger partial charge in [0.25, 0.3) is 0 Å². The first-order valence-electron chi connectivity index (χ1n) is 5.28. The molecule has 0 aliphatic carbocycles. The lowest BCUT2D eigenvalue weighted by atomic mass is 10.2. The molecule has 1 heterocycles. The fraction of sp³-hybridized carbons (Fsp3) is 0.700. The largest absolute Gasteiger partial charge is 0.355 e. The van der Waals surface area contributed by atoms with E-state index >= 15 is 0 Å². The summed E-state index contributed by atoms with van der Waals surface area (Å²) in [5, 5.41) is 10.2. The summed E-state index contributed by atoms with van der Waals surface area (Å²) >= 11 is 0. The molecule has 6 heteroatoms. The molecule has 0 aromatic carbocycles. The Kier molecular flexibility index (Phi) is 4.28. The van der Waals surface area contributed by atoms with Crippen LogP contribution >= 0.6 is 0 Å².